The van der Waals surface area contributed by atoms with Crippen molar-refractivity contribution in [2.75, 3.05) is 0 Å². The maximum Gasteiger partial charge on any atom is 0.137 e. The predicted molar refractivity (Wildman–Crippen MR) is 61.7 cm³/mol. The molecule has 2 aromatic heterocycles. The normalized spacial score (nSPS) is 11.5. The van der Waals surface area contributed by atoms with Gasteiger partial charge in [-0.1, -0.05) is 19.9 Å². The fraction of sp³-hybridized carbons (Fsp3) is 0.364. The molecule has 0 aliphatic heterocycles. The third-order valence-electron chi connectivity index (χ3n) is 2.28. The largest absolute Gasteiger partial charge is 0.294 e. The molecule has 0 aliphatic carbocycles. The van der Waals surface area contributed by atoms with Crippen LogP contribution in [0.2, 0.25) is 0 Å². The van der Waals surface area contributed by atoms with Gasteiger partial charge in [0.25, 0.3) is 0 Å². The standard InChI is InChI=1S/C11H13BrN2/c1-7(2)10-11(12)14-6-8(3)4-5-9(14)13-10/h4-7H,1-3H3. The molecule has 74 valence electrons. The summed E-state index contributed by atoms with van der Waals surface area (Å²) in [5, 5.41) is 0. The van der Waals surface area contributed by atoms with Crippen LogP contribution in [0.4, 0.5) is 0 Å². The topological polar surface area (TPSA) is 17.3 Å². The molecule has 0 fully saturated rings. The van der Waals surface area contributed by atoms with Crippen molar-refractivity contribution in [1.29, 1.82) is 0 Å². The quantitative estimate of drug-likeness (QED) is 0.759. The Bertz CT molecular complexity index is 471. The Labute approximate surface area is 92.1 Å². The number of hydrogen-bond acceptors (Lipinski definition) is 1. The van der Waals surface area contributed by atoms with Crippen LogP contribution in [0.5, 0.6) is 0 Å². The maximum absolute atomic E-state index is 4.57. The molecule has 2 aromatic rings. The van der Waals surface area contributed by atoms with Gasteiger partial charge in [0.1, 0.15) is 10.3 Å². The summed E-state index contributed by atoms with van der Waals surface area (Å²) < 4.78 is 3.16. The molecule has 0 unspecified atom stereocenters. The fourth-order valence-electron chi connectivity index (χ4n) is 1.51. The maximum atomic E-state index is 4.57. The lowest BCUT2D eigenvalue weighted by atomic mass is 10.2. The molecule has 0 aliphatic rings. The molecule has 2 heterocycles. The van der Waals surface area contributed by atoms with Crippen molar-refractivity contribution in [3.05, 3.63) is 34.2 Å². The van der Waals surface area contributed by atoms with Crippen LogP contribution in [-0.4, -0.2) is 9.38 Å². The zero-order valence-electron chi connectivity index (χ0n) is 8.58. The molecule has 2 rings (SSSR count). The van der Waals surface area contributed by atoms with Crippen molar-refractivity contribution in [2.24, 2.45) is 0 Å². The number of aryl methyl sites for hydroxylation is 1. The minimum Gasteiger partial charge on any atom is -0.294 e. The summed E-state index contributed by atoms with van der Waals surface area (Å²) in [6.45, 7) is 6.39. The molecule has 3 heteroatoms. The summed E-state index contributed by atoms with van der Waals surface area (Å²) >= 11 is 3.59. The summed E-state index contributed by atoms with van der Waals surface area (Å²) in [5.41, 5.74) is 3.37. The van der Waals surface area contributed by atoms with E-state index in [0.717, 1.165) is 15.9 Å². The number of halogens is 1. The Balaban J connectivity index is 2.74. The van der Waals surface area contributed by atoms with Crippen molar-refractivity contribution >= 4 is 21.6 Å². The first-order valence-corrected chi connectivity index (χ1v) is 5.53. The predicted octanol–water partition coefficient (Wildman–Crippen LogP) is 3.53. The SMILES string of the molecule is Cc1ccc2nc(C(C)C)c(Br)n2c1. The highest BCUT2D eigenvalue weighted by atomic mass is 79.9. The molecule has 0 bridgehead atoms. The molecule has 0 amide bonds. The van der Waals surface area contributed by atoms with Gasteiger partial charge in [0, 0.05) is 6.20 Å². The number of pyridine rings is 1. The molecule has 0 saturated carbocycles. The number of imidazole rings is 1. The van der Waals surface area contributed by atoms with E-state index in [0.29, 0.717) is 5.92 Å². The van der Waals surface area contributed by atoms with Gasteiger partial charge in [-0.25, -0.2) is 4.98 Å². The Morgan fingerprint density at radius 2 is 2.07 bits per heavy atom. The van der Waals surface area contributed by atoms with E-state index >= 15 is 0 Å². The van der Waals surface area contributed by atoms with Gasteiger partial charge in [-0.3, -0.25) is 4.40 Å². The minimum absolute atomic E-state index is 0.449. The first kappa shape index (κ1) is 9.71. The van der Waals surface area contributed by atoms with E-state index in [2.05, 4.69) is 58.3 Å². The van der Waals surface area contributed by atoms with Crippen molar-refractivity contribution in [3.8, 4) is 0 Å². The Hall–Kier alpha value is -0.830. The van der Waals surface area contributed by atoms with Gasteiger partial charge in [-0.05, 0) is 40.4 Å². The number of aromatic nitrogens is 2. The van der Waals surface area contributed by atoms with Gasteiger partial charge in [-0.2, -0.15) is 0 Å². The molecule has 0 N–H and O–H groups in total. The third kappa shape index (κ3) is 1.46. The van der Waals surface area contributed by atoms with Crippen molar-refractivity contribution in [1.82, 2.24) is 9.38 Å². The van der Waals surface area contributed by atoms with Crippen LogP contribution in [0.3, 0.4) is 0 Å². The first-order valence-electron chi connectivity index (χ1n) is 4.73. The van der Waals surface area contributed by atoms with E-state index < -0.39 is 0 Å². The number of nitrogens with zero attached hydrogens (tertiary/aromatic N) is 2. The Morgan fingerprint density at radius 1 is 1.36 bits per heavy atom. The van der Waals surface area contributed by atoms with Crippen LogP contribution in [-0.2, 0) is 0 Å². The van der Waals surface area contributed by atoms with E-state index in [1.54, 1.807) is 0 Å². The lowest BCUT2D eigenvalue weighted by molar-refractivity contribution is 0.826. The third-order valence-corrected chi connectivity index (χ3v) is 3.07. The van der Waals surface area contributed by atoms with Gasteiger partial charge >= 0.3 is 0 Å². The molecular formula is C11H13BrN2. The van der Waals surface area contributed by atoms with E-state index in [-0.39, 0.29) is 0 Å². The molecule has 0 saturated heterocycles. The number of fused-ring (bicyclic) bond motifs is 1. The van der Waals surface area contributed by atoms with E-state index in [9.17, 15) is 0 Å². The summed E-state index contributed by atoms with van der Waals surface area (Å²) in [5.74, 6) is 0.449. The number of hydrogen-bond donors (Lipinski definition) is 0. The monoisotopic (exact) mass is 252 g/mol. The van der Waals surface area contributed by atoms with Crippen molar-refractivity contribution < 1.29 is 0 Å². The fourth-order valence-corrected chi connectivity index (χ4v) is 2.34. The van der Waals surface area contributed by atoms with Crippen molar-refractivity contribution in [3.63, 3.8) is 0 Å². The van der Waals surface area contributed by atoms with Crippen LogP contribution >= 0.6 is 15.9 Å². The smallest absolute Gasteiger partial charge is 0.137 e. The summed E-state index contributed by atoms with van der Waals surface area (Å²) in [7, 11) is 0. The highest BCUT2D eigenvalue weighted by Crippen LogP contribution is 2.25. The molecular weight excluding hydrogens is 240 g/mol. The Kier molecular flexibility index (Phi) is 2.35. The van der Waals surface area contributed by atoms with Gasteiger partial charge in [-0.15, -0.1) is 0 Å². The lowest BCUT2D eigenvalue weighted by Gasteiger charge is -2.00. The second-order valence-electron chi connectivity index (χ2n) is 3.88. The second-order valence-corrected chi connectivity index (χ2v) is 4.63. The second kappa shape index (κ2) is 3.39. The summed E-state index contributed by atoms with van der Waals surface area (Å²) in [4.78, 5) is 4.57. The van der Waals surface area contributed by atoms with Crippen LogP contribution in [0.1, 0.15) is 31.0 Å². The lowest BCUT2D eigenvalue weighted by Crippen LogP contribution is -1.88. The Morgan fingerprint density at radius 3 is 2.71 bits per heavy atom. The minimum atomic E-state index is 0.449. The zero-order chi connectivity index (χ0) is 10.3. The highest BCUT2D eigenvalue weighted by Gasteiger charge is 2.12. The van der Waals surface area contributed by atoms with Crippen molar-refractivity contribution in [2.45, 2.75) is 26.7 Å². The highest BCUT2D eigenvalue weighted by molar-refractivity contribution is 9.10. The van der Waals surface area contributed by atoms with Gasteiger partial charge in [0.2, 0.25) is 0 Å². The van der Waals surface area contributed by atoms with E-state index in [4.69, 9.17) is 0 Å². The average Bonchev–Trinajstić information content (AvgIpc) is 2.44. The van der Waals surface area contributed by atoms with Gasteiger partial charge in [0.05, 0.1) is 5.69 Å². The zero-order valence-corrected chi connectivity index (χ0v) is 10.2. The van der Waals surface area contributed by atoms with Crippen LogP contribution in [0, 0.1) is 6.92 Å². The summed E-state index contributed by atoms with van der Waals surface area (Å²) in [6.07, 6.45) is 2.10. The molecule has 0 atom stereocenters. The van der Waals surface area contributed by atoms with E-state index in [1.807, 2.05) is 6.07 Å². The van der Waals surface area contributed by atoms with E-state index in [1.165, 1.54) is 5.56 Å². The number of rotatable bonds is 1. The van der Waals surface area contributed by atoms with Gasteiger partial charge < -0.3 is 0 Å². The average molecular weight is 253 g/mol. The van der Waals surface area contributed by atoms with Crippen LogP contribution < -0.4 is 0 Å². The summed E-state index contributed by atoms with van der Waals surface area (Å²) in [6, 6.07) is 4.13. The van der Waals surface area contributed by atoms with Crippen LogP contribution in [0.15, 0.2) is 22.9 Å². The molecule has 0 spiro atoms. The molecule has 2 nitrogen and oxygen atoms in total. The van der Waals surface area contributed by atoms with Crippen LogP contribution in [0.25, 0.3) is 5.65 Å². The van der Waals surface area contributed by atoms with Gasteiger partial charge in [0.15, 0.2) is 0 Å². The molecule has 0 radical (unpaired) electrons. The molecule has 14 heavy (non-hydrogen) atoms. The first-order chi connectivity index (χ1) is 6.59. The molecule has 0 aromatic carbocycles.